The van der Waals surface area contributed by atoms with Gasteiger partial charge in [-0.05, 0) is 30.5 Å². The van der Waals surface area contributed by atoms with E-state index in [0.717, 1.165) is 18.7 Å². The van der Waals surface area contributed by atoms with Crippen molar-refractivity contribution in [3.63, 3.8) is 0 Å². The maximum atomic E-state index is 9.34. The van der Waals surface area contributed by atoms with Crippen LogP contribution in [0.15, 0.2) is 18.2 Å². The predicted octanol–water partition coefficient (Wildman–Crippen LogP) is 3.80. The number of hydrogen-bond acceptors (Lipinski definition) is 2. The van der Waals surface area contributed by atoms with E-state index in [-0.39, 0.29) is 0 Å². The largest absolute Gasteiger partial charge is 0.288 e. The molecule has 0 saturated heterocycles. The van der Waals surface area contributed by atoms with Crippen LogP contribution < -0.4 is 5.06 Å². The van der Waals surface area contributed by atoms with E-state index in [4.69, 9.17) is 0 Å². The molecule has 1 aromatic rings. The third-order valence-electron chi connectivity index (χ3n) is 2.24. The average molecular weight is 209 g/mol. The Morgan fingerprint density at radius 1 is 1.13 bits per heavy atom. The molecule has 1 aromatic carbocycles. The first-order valence-electron chi connectivity index (χ1n) is 5.84. The summed E-state index contributed by atoms with van der Waals surface area (Å²) in [6.45, 7) is 10.8. The van der Waals surface area contributed by atoms with Gasteiger partial charge in [-0.2, -0.15) is 0 Å². The Bertz CT molecular complexity index is 284. The van der Waals surface area contributed by atoms with Crippen LogP contribution in [0.4, 0.5) is 5.69 Å². The van der Waals surface area contributed by atoms with Crippen molar-refractivity contribution < 1.29 is 5.21 Å². The van der Waals surface area contributed by atoms with Crippen molar-refractivity contribution in [2.24, 2.45) is 0 Å². The van der Waals surface area contributed by atoms with Crippen molar-refractivity contribution in [2.75, 3.05) is 11.6 Å². The number of hydrogen-bond donors (Lipinski definition) is 1. The Labute approximate surface area is 93.5 Å². The molecule has 1 N–H and O–H groups in total. The van der Waals surface area contributed by atoms with Crippen molar-refractivity contribution in [3.8, 4) is 0 Å². The van der Waals surface area contributed by atoms with Gasteiger partial charge in [-0.25, -0.2) is 0 Å². The molecule has 0 aliphatic carbocycles. The molecule has 0 fully saturated rings. The highest BCUT2D eigenvalue weighted by atomic mass is 16.5. The first-order valence-corrected chi connectivity index (χ1v) is 5.84. The van der Waals surface area contributed by atoms with Gasteiger partial charge in [0, 0.05) is 6.54 Å². The summed E-state index contributed by atoms with van der Waals surface area (Å²) >= 11 is 0. The minimum absolute atomic E-state index is 0.736. The first kappa shape index (κ1) is 14.0. The molecule has 0 amide bonds. The first-order chi connectivity index (χ1) is 7.29. The summed E-state index contributed by atoms with van der Waals surface area (Å²) < 4.78 is 0. The van der Waals surface area contributed by atoms with Crippen molar-refractivity contribution >= 4 is 5.69 Å². The highest BCUT2D eigenvalue weighted by Gasteiger charge is 2.17. The minimum Gasteiger partial charge on any atom is -0.288 e. The highest BCUT2D eigenvalue weighted by molar-refractivity contribution is 5.58. The summed E-state index contributed by atoms with van der Waals surface area (Å²) in [5, 5.41) is 10.7. The number of anilines is 1. The molecule has 1 aliphatic heterocycles. The lowest BCUT2D eigenvalue weighted by Crippen LogP contribution is -2.13. The lowest BCUT2D eigenvalue weighted by Gasteiger charge is -2.09. The third-order valence-corrected chi connectivity index (χ3v) is 2.24. The van der Waals surface area contributed by atoms with Crippen LogP contribution in [0.1, 0.15) is 38.8 Å². The van der Waals surface area contributed by atoms with Gasteiger partial charge >= 0.3 is 0 Å². The Morgan fingerprint density at radius 3 is 2.27 bits per heavy atom. The molecule has 0 bridgehead atoms. The van der Waals surface area contributed by atoms with Crippen molar-refractivity contribution in [1.82, 2.24) is 0 Å². The summed E-state index contributed by atoms with van der Waals surface area (Å²) in [4.78, 5) is 0. The van der Waals surface area contributed by atoms with Crippen LogP contribution in [0.2, 0.25) is 0 Å². The molecule has 0 unspecified atom stereocenters. The van der Waals surface area contributed by atoms with E-state index in [1.165, 1.54) is 16.2 Å². The summed E-state index contributed by atoms with van der Waals surface area (Å²) in [7, 11) is 0. The number of rotatable bonds is 0. The fraction of sp³-hybridized carbons (Fsp3) is 0.538. The highest BCUT2D eigenvalue weighted by Crippen LogP contribution is 2.28. The molecule has 1 aliphatic rings. The summed E-state index contributed by atoms with van der Waals surface area (Å²) in [6.07, 6.45) is 0.971. The molecule has 0 spiro atoms. The van der Waals surface area contributed by atoms with E-state index in [1.807, 2.05) is 39.8 Å². The van der Waals surface area contributed by atoms with E-state index < -0.39 is 0 Å². The quantitative estimate of drug-likeness (QED) is 0.702. The van der Waals surface area contributed by atoms with Crippen LogP contribution in [-0.2, 0) is 6.42 Å². The molecule has 2 rings (SSSR count). The number of fused-ring (bicyclic) bond motifs is 1. The Balaban J connectivity index is 0.000000442. The Kier molecular flexibility index (Phi) is 6.80. The molecule has 0 atom stereocenters. The number of nitrogens with zero attached hydrogens (tertiary/aromatic N) is 1. The SMILES string of the molecule is CC.CC.Cc1cccc2c1CCN2O. The molecule has 0 saturated carbocycles. The van der Waals surface area contributed by atoms with E-state index in [9.17, 15) is 5.21 Å². The van der Waals surface area contributed by atoms with Gasteiger partial charge in [0.05, 0.1) is 5.69 Å². The van der Waals surface area contributed by atoms with Crippen molar-refractivity contribution in [1.29, 1.82) is 0 Å². The molecule has 2 nitrogen and oxygen atoms in total. The Hall–Kier alpha value is -1.02. The second-order valence-corrected chi connectivity index (χ2v) is 2.95. The molecule has 0 aromatic heterocycles. The molecule has 2 heteroatoms. The zero-order chi connectivity index (χ0) is 11.8. The molecule has 0 radical (unpaired) electrons. The zero-order valence-corrected chi connectivity index (χ0v) is 10.5. The molecule has 15 heavy (non-hydrogen) atoms. The fourth-order valence-electron chi connectivity index (χ4n) is 1.59. The van der Waals surface area contributed by atoms with Gasteiger partial charge in [-0.15, -0.1) is 0 Å². The standard InChI is InChI=1S/C9H11NO.2C2H6/c1-7-3-2-4-9-8(7)5-6-10(9)11;2*1-2/h2-4,11H,5-6H2,1H3;2*1-2H3. The second-order valence-electron chi connectivity index (χ2n) is 2.95. The zero-order valence-electron chi connectivity index (χ0n) is 10.5. The Morgan fingerprint density at radius 2 is 1.73 bits per heavy atom. The summed E-state index contributed by atoms with van der Waals surface area (Å²) in [6, 6.07) is 6.01. The maximum Gasteiger partial charge on any atom is 0.0669 e. The van der Waals surface area contributed by atoms with Gasteiger partial charge in [0.15, 0.2) is 0 Å². The lowest BCUT2D eigenvalue weighted by molar-refractivity contribution is 0.264. The van der Waals surface area contributed by atoms with Gasteiger partial charge in [-0.3, -0.25) is 10.3 Å². The number of hydroxylamine groups is 1. The van der Waals surface area contributed by atoms with Crippen molar-refractivity contribution in [2.45, 2.75) is 41.0 Å². The maximum absolute atomic E-state index is 9.34. The summed E-state index contributed by atoms with van der Waals surface area (Å²) in [5.74, 6) is 0. The number of benzene rings is 1. The normalized spacial score (nSPS) is 12.0. The topological polar surface area (TPSA) is 23.5 Å². The van der Waals surface area contributed by atoms with Gasteiger partial charge < -0.3 is 0 Å². The molecular weight excluding hydrogens is 186 g/mol. The number of aryl methyl sites for hydroxylation is 1. The van der Waals surface area contributed by atoms with Crippen LogP contribution in [0.25, 0.3) is 0 Å². The summed E-state index contributed by atoms with van der Waals surface area (Å²) in [5.41, 5.74) is 3.54. The lowest BCUT2D eigenvalue weighted by atomic mass is 10.1. The smallest absolute Gasteiger partial charge is 0.0669 e. The van der Waals surface area contributed by atoms with Gasteiger partial charge in [0.25, 0.3) is 0 Å². The van der Waals surface area contributed by atoms with Crippen LogP contribution in [0.3, 0.4) is 0 Å². The van der Waals surface area contributed by atoms with Crippen LogP contribution in [0.5, 0.6) is 0 Å². The third kappa shape index (κ3) is 3.24. The van der Waals surface area contributed by atoms with Crippen LogP contribution in [0, 0.1) is 6.92 Å². The molecular formula is C13H23NO. The van der Waals surface area contributed by atoms with E-state index >= 15 is 0 Å². The average Bonchev–Trinajstić information content (AvgIpc) is 2.68. The second kappa shape index (κ2) is 7.30. The minimum atomic E-state index is 0.736. The molecule has 1 heterocycles. The monoisotopic (exact) mass is 209 g/mol. The van der Waals surface area contributed by atoms with Crippen LogP contribution >= 0.6 is 0 Å². The predicted molar refractivity (Wildman–Crippen MR) is 66.7 cm³/mol. The van der Waals surface area contributed by atoms with Gasteiger partial charge in [0.2, 0.25) is 0 Å². The van der Waals surface area contributed by atoms with Gasteiger partial charge in [-0.1, -0.05) is 39.8 Å². The van der Waals surface area contributed by atoms with E-state index in [0.29, 0.717) is 0 Å². The van der Waals surface area contributed by atoms with Crippen LogP contribution in [-0.4, -0.2) is 11.8 Å². The van der Waals surface area contributed by atoms with E-state index in [2.05, 4.69) is 13.0 Å². The van der Waals surface area contributed by atoms with E-state index in [1.54, 1.807) is 0 Å². The van der Waals surface area contributed by atoms with Gasteiger partial charge in [0.1, 0.15) is 0 Å². The van der Waals surface area contributed by atoms with Crippen molar-refractivity contribution in [3.05, 3.63) is 29.3 Å². The fourth-order valence-corrected chi connectivity index (χ4v) is 1.59. The molecule has 86 valence electrons.